The Balaban J connectivity index is 1.48. The SMILES string of the molecule is CC1CCCC(NCCn2ccn(C3CC3)c2=O)C1. The Hall–Kier alpha value is -1.03. The number of nitrogens with zero attached hydrogens (tertiary/aromatic N) is 2. The number of aromatic nitrogens is 2. The molecule has 1 N–H and O–H groups in total. The van der Waals surface area contributed by atoms with Crippen molar-refractivity contribution in [2.45, 2.75) is 64.1 Å². The molecule has 0 aromatic carbocycles. The lowest BCUT2D eigenvalue weighted by atomic mass is 9.87. The predicted molar refractivity (Wildman–Crippen MR) is 76.4 cm³/mol. The summed E-state index contributed by atoms with van der Waals surface area (Å²) in [4.78, 5) is 12.1. The van der Waals surface area contributed by atoms with E-state index in [2.05, 4.69) is 12.2 Å². The van der Waals surface area contributed by atoms with E-state index in [9.17, 15) is 4.79 Å². The van der Waals surface area contributed by atoms with Crippen LogP contribution in [-0.4, -0.2) is 21.7 Å². The number of imidazole rings is 1. The summed E-state index contributed by atoms with van der Waals surface area (Å²) in [6.45, 7) is 4.05. The molecule has 0 spiro atoms. The monoisotopic (exact) mass is 263 g/mol. The fourth-order valence-electron chi connectivity index (χ4n) is 3.24. The second-order valence-corrected chi connectivity index (χ2v) is 6.34. The quantitative estimate of drug-likeness (QED) is 0.884. The molecular weight excluding hydrogens is 238 g/mol. The van der Waals surface area contributed by atoms with Crippen LogP contribution in [0.25, 0.3) is 0 Å². The molecule has 0 radical (unpaired) electrons. The van der Waals surface area contributed by atoms with Crippen LogP contribution < -0.4 is 11.0 Å². The molecule has 0 bridgehead atoms. The molecule has 4 nitrogen and oxygen atoms in total. The second kappa shape index (κ2) is 5.53. The first-order chi connectivity index (χ1) is 9.24. The average Bonchev–Trinajstić information content (AvgIpc) is 3.16. The average molecular weight is 263 g/mol. The lowest BCUT2D eigenvalue weighted by molar-refractivity contribution is 0.299. The molecule has 3 rings (SSSR count). The van der Waals surface area contributed by atoms with E-state index in [0.29, 0.717) is 12.1 Å². The first kappa shape index (κ1) is 13.0. The lowest BCUT2D eigenvalue weighted by Gasteiger charge is -2.27. The third kappa shape index (κ3) is 3.11. The summed E-state index contributed by atoms with van der Waals surface area (Å²) in [6.07, 6.45) is 11.5. The first-order valence-corrected chi connectivity index (χ1v) is 7.74. The highest BCUT2D eigenvalue weighted by Gasteiger charge is 2.25. The molecule has 0 aliphatic heterocycles. The smallest absolute Gasteiger partial charge is 0.312 e. The van der Waals surface area contributed by atoms with Gasteiger partial charge < -0.3 is 5.32 Å². The van der Waals surface area contributed by atoms with Gasteiger partial charge in [-0.2, -0.15) is 0 Å². The lowest BCUT2D eigenvalue weighted by Crippen LogP contribution is -2.37. The predicted octanol–water partition coefficient (Wildman–Crippen LogP) is 2.15. The van der Waals surface area contributed by atoms with Crippen LogP contribution in [0.2, 0.25) is 0 Å². The van der Waals surface area contributed by atoms with Crippen molar-refractivity contribution in [3.8, 4) is 0 Å². The van der Waals surface area contributed by atoms with E-state index in [4.69, 9.17) is 0 Å². The van der Waals surface area contributed by atoms with Crippen molar-refractivity contribution in [3.63, 3.8) is 0 Å². The summed E-state index contributed by atoms with van der Waals surface area (Å²) in [5, 5.41) is 3.61. The number of hydrogen-bond acceptors (Lipinski definition) is 2. The van der Waals surface area contributed by atoms with Crippen molar-refractivity contribution in [3.05, 3.63) is 22.9 Å². The molecule has 2 aliphatic rings. The van der Waals surface area contributed by atoms with Gasteiger partial charge in [0.2, 0.25) is 0 Å². The van der Waals surface area contributed by atoms with E-state index >= 15 is 0 Å². The number of nitrogens with one attached hydrogen (secondary N) is 1. The normalized spacial score (nSPS) is 27.6. The standard InChI is InChI=1S/C15H25N3O/c1-12-3-2-4-13(11-12)16-7-8-17-9-10-18(15(17)19)14-5-6-14/h9-10,12-14,16H,2-8,11H2,1H3. The topological polar surface area (TPSA) is 39.0 Å². The van der Waals surface area contributed by atoms with Crippen molar-refractivity contribution in [2.75, 3.05) is 6.54 Å². The van der Waals surface area contributed by atoms with E-state index < -0.39 is 0 Å². The molecule has 1 aromatic rings. The van der Waals surface area contributed by atoms with Crippen LogP contribution in [0.4, 0.5) is 0 Å². The van der Waals surface area contributed by atoms with Gasteiger partial charge >= 0.3 is 5.69 Å². The highest BCUT2D eigenvalue weighted by molar-refractivity contribution is 4.91. The van der Waals surface area contributed by atoms with Gasteiger partial charge in [0.1, 0.15) is 0 Å². The Morgan fingerprint density at radius 2 is 2.11 bits per heavy atom. The van der Waals surface area contributed by atoms with E-state index in [-0.39, 0.29) is 5.69 Å². The Labute approximate surface area is 114 Å². The zero-order chi connectivity index (χ0) is 13.2. The van der Waals surface area contributed by atoms with E-state index in [0.717, 1.165) is 19.0 Å². The molecule has 0 saturated heterocycles. The van der Waals surface area contributed by atoms with Gasteiger partial charge in [-0.3, -0.25) is 9.13 Å². The fraction of sp³-hybridized carbons (Fsp3) is 0.800. The van der Waals surface area contributed by atoms with Crippen molar-refractivity contribution in [1.29, 1.82) is 0 Å². The molecule has 2 atom stereocenters. The maximum atomic E-state index is 12.1. The van der Waals surface area contributed by atoms with Gasteiger partial charge in [-0.05, 0) is 31.6 Å². The zero-order valence-corrected chi connectivity index (χ0v) is 11.8. The van der Waals surface area contributed by atoms with E-state index in [1.807, 2.05) is 21.5 Å². The van der Waals surface area contributed by atoms with Gasteiger partial charge in [0.15, 0.2) is 0 Å². The van der Waals surface area contributed by atoms with Gasteiger partial charge in [0.25, 0.3) is 0 Å². The van der Waals surface area contributed by atoms with Crippen LogP contribution >= 0.6 is 0 Å². The Morgan fingerprint density at radius 1 is 1.26 bits per heavy atom. The molecule has 2 saturated carbocycles. The zero-order valence-electron chi connectivity index (χ0n) is 11.8. The van der Waals surface area contributed by atoms with Crippen LogP contribution in [-0.2, 0) is 6.54 Å². The van der Waals surface area contributed by atoms with Crippen LogP contribution in [0.1, 0.15) is 51.5 Å². The fourth-order valence-corrected chi connectivity index (χ4v) is 3.24. The molecule has 19 heavy (non-hydrogen) atoms. The summed E-state index contributed by atoms with van der Waals surface area (Å²) in [5.74, 6) is 0.852. The summed E-state index contributed by atoms with van der Waals surface area (Å²) in [5.41, 5.74) is 0.168. The Kier molecular flexibility index (Phi) is 3.78. The molecule has 0 amide bonds. The van der Waals surface area contributed by atoms with Crippen molar-refractivity contribution in [2.24, 2.45) is 5.92 Å². The Morgan fingerprint density at radius 3 is 2.84 bits per heavy atom. The van der Waals surface area contributed by atoms with Crippen LogP contribution in [0.5, 0.6) is 0 Å². The van der Waals surface area contributed by atoms with Gasteiger partial charge in [-0.15, -0.1) is 0 Å². The number of hydrogen-bond donors (Lipinski definition) is 1. The summed E-state index contributed by atoms with van der Waals surface area (Å²) in [6, 6.07) is 1.14. The molecule has 2 aliphatic carbocycles. The van der Waals surface area contributed by atoms with Crippen molar-refractivity contribution >= 4 is 0 Å². The van der Waals surface area contributed by atoms with Crippen LogP contribution in [0.3, 0.4) is 0 Å². The van der Waals surface area contributed by atoms with Gasteiger partial charge in [0.05, 0.1) is 0 Å². The minimum atomic E-state index is 0.168. The molecular formula is C15H25N3O. The highest BCUT2D eigenvalue weighted by atomic mass is 16.1. The van der Waals surface area contributed by atoms with Gasteiger partial charge in [-0.1, -0.05) is 19.8 Å². The number of rotatable bonds is 5. The summed E-state index contributed by atoms with van der Waals surface area (Å²) in [7, 11) is 0. The highest BCUT2D eigenvalue weighted by Crippen LogP contribution is 2.33. The van der Waals surface area contributed by atoms with E-state index in [1.54, 1.807) is 0 Å². The van der Waals surface area contributed by atoms with Gasteiger partial charge in [-0.25, -0.2) is 4.79 Å². The summed E-state index contributed by atoms with van der Waals surface area (Å²) < 4.78 is 3.74. The molecule has 106 valence electrons. The van der Waals surface area contributed by atoms with Gasteiger partial charge in [0, 0.05) is 37.6 Å². The minimum absolute atomic E-state index is 0.168. The molecule has 1 aromatic heterocycles. The Bertz CT molecular complexity index is 472. The second-order valence-electron chi connectivity index (χ2n) is 6.34. The maximum Gasteiger partial charge on any atom is 0.328 e. The maximum absolute atomic E-state index is 12.1. The molecule has 2 fully saturated rings. The van der Waals surface area contributed by atoms with E-state index in [1.165, 1.54) is 38.5 Å². The third-order valence-corrected chi connectivity index (χ3v) is 4.54. The third-order valence-electron chi connectivity index (χ3n) is 4.54. The van der Waals surface area contributed by atoms with Crippen molar-refractivity contribution < 1.29 is 0 Å². The van der Waals surface area contributed by atoms with Crippen LogP contribution in [0, 0.1) is 5.92 Å². The summed E-state index contributed by atoms with van der Waals surface area (Å²) >= 11 is 0. The minimum Gasteiger partial charge on any atom is -0.312 e. The first-order valence-electron chi connectivity index (χ1n) is 7.74. The molecule has 4 heteroatoms. The van der Waals surface area contributed by atoms with Crippen LogP contribution in [0.15, 0.2) is 17.2 Å². The van der Waals surface area contributed by atoms with Crippen molar-refractivity contribution in [1.82, 2.24) is 14.5 Å². The largest absolute Gasteiger partial charge is 0.328 e. The molecule has 2 unspecified atom stereocenters. The molecule has 1 heterocycles.